The molecule has 2 atom stereocenters. The number of amides is 2. The zero-order chi connectivity index (χ0) is 26.0. The summed E-state index contributed by atoms with van der Waals surface area (Å²) in [5.74, 6) is -0.248. The molecule has 0 saturated heterocycles. The Bertz CT molecular complexity index is 1060. The van der Waals surface area contributed by atoms with Crippen LogP contribution in [0.15, 0.2) is 35.7 Å². The molecule has 2 rings (SSSR count). The van der Waals surface area contributed by atoms with Crippen LogP contribution in [-0.4, -0.2) is 66.8 Å². The highest BCUT2D eigenvalue weighted by Crippen LogP contribution is 2.17. The van der Waals surface area contributed by atoms with Crippen molar-refractivity contribution in [1.82, 2.24) is 20.7 Å². The van der Waals surface area contributed by atoms with Crippen LogP contribution in [-0.2, 0) is 21.2 Å². The Balaban J connectivity index is 2.11. The summed E-state index contributed by atoms with van der Waals surface area (Å²) in [6.07, 6.45) is 1.51. The van der Waals surface area contributed by atoms with Gasteiger partial charge in [-0.1, -0.05) is 51.1 Å². The number of thiazole rings is 1. The Kier molecular flexibility index (Phi) is 11.1. The molecule has 2 amide bonds. The molecule has 0 unspecified atom stereocenters. The fourth-order valence-electron chi connectivity index (χ4n) is 3.24. The minimum atomic E-state index is -3.52. The van der Waals surface area contributed by atoms with Gasteiger partial charge < -0.3 is 10.4 Å². The van der Waals surface area contributed by atoms with Crippen LogP contribution in [0.5, 0.6) is 0 Å². The standard InChI is InChI=1S/C23H35N5O5S2/c1-5-28(26-21(30)12-11-16(2)3)14-20(29)18(13-17-9-7-6-8-10-17)24-22(31)19-15-34-23(25-19)27-35(4,32)33/h6-10,15-16,18,20,29H,5,11-14H2,1-4H3,(H,24,31)(H,25,27)(H,26,30)/t18-,20+/m0/s1. The van der Waals surface area contributed by atoms with Gasteiger partial charge in [-0.3, -0.25) is 19.7 Å². The van der Waals surface area contributed by atoms with E-state index in [9.17, 15) is 23.1 Å². The molecule has 1 heterocycles. The first-order valence-electron chi connectivity index (χ1n) is 11.5. The number of sulfonamides is 1. The predicted octanol–water partition coefficient (Wildman–Crippen LogP) is 2.01. The molecular weight excluding hydrogens is 490 g/mol. The van der Waals surface area contributed by atoms with E-state index in [1.54, 1.807) is 5.01 Å². The number of nitrogens with one attached hydrogen (secondary N) is 3. The molecule has 0 radical (unpaired) electrons. The number of hydrogen-bond donors (Lipinski definition) is 4. The van der Waals surface area contributed by atoms with Crippen molar-refractivity contribution in [2.75, 3.05) is 24.1 Å². The molecule has 4 N–H and O–H groups in total. The molecule has 1 aromatic carbocycles. The van der Waals surface area contributed by atoms with Crippen LogP contribution in [0.2, 0.25) is 0 Å². The highest BCUT2D eigenvalue weighted by molar-refractivity contribution is 7.92. The number of rotatable bonds is 14. The van der Waals surface area contributed by atoms with Crippen LogP contribution in [0.3, 0.4) is 0 Å². The smallest absolute Gasteiger partial charge is 0.271 e. The first kappa shape index (κ1) is 28.7. The van der Waals surface area contributed by atoms with Crippen LogP contribution < -0.4 is 15.5 Å². The summed E-state index contributed by atoms with van der Waals surface area (Å²) >= 11 is 0.991. The van der Waals surface area contributed by atoms with E-state index in [0.29, 0.717) is 25.3 Å². The van der Waals surface area contributed by atoms with Gasteiger partial charge in [0, 0.05) is 24.9 Å². The molecular formula is C23H35N5O5S2. The third-order valence-electron chi connectivity index (χ3n) is 5.11. The van der Waals surface area contributed by atoms with E-state index in [1.165, 1.54) is 5.38 Å². The van der Waals surface area contributed by atoms with E-state index < -0.39 is 28.1 Å². The number of anilines is 1. The normalized spacial score (nSPS) is 13.5. The van der Waals surface area contributed by atoms with Gasteiger partial charge in [-0.25, -0.2) is 18.4 Å². The van der Waals surface area contributed by atoms with Crippen molar-refractivity contribution < 1.29 is 23.1 Å². The van der Waals surface area contributed by atoms with Gasteiger partial charge in [0.1, 0.15) is 5.69 Å². The Morgan fingerprint density at radius 2 is 1.89 bits per heavy atom. The maximum Gasteiger partial charge on any atom is 0.271 e. The molecule has 0 aliphatic rings. The second-order valence-corrected chi connectivity index (χ2v) is 11.4. The lowest BCUT2D eigenvalue weighted by Gasteiger charge is -2.29. The summed E-state index contributed by atoms with van der Waals surface area (Å²) in [5.41, 5.74) is 3.79. The second kappa shape index (κ2) is 13.5. The molecule has 0 aliphatic heterocycles. The summed E-state index contributed by atoms with van der Waals surface area (Å²) in [6, 6.07) is 8.74. The predicted molar refractivity (Wildman–Crippen MR) is 137 cm³/mol. The van der Waals surface area contributed by atoms with Crippen molar-refractivity contribution in [2.45, 2.75) is 52.2 Å². The molecule has 0 saturated carbocycles. The van der Waals surface area contributed by atoms with Crippen molar-refractivity contribution in [3.63, 3.8) is 0 Å². The van der Waals surface area contributed by atoms with Gasteiger partial charge >= 0.3 is 0 Å². The largest absolute Gasteiger partial charge is 0.390 e. The van der Waals surface area contributed by atoms with Gasteiger partial charge in [-0.05, 0) is 24.3 Å². The molecule has 10 nitrogen and oxygen atoms in total. The third kappa shape index (κ3) is 10.7. The highest BCUT2D eigenvalue weighted by Gasteiger charge is 2.26. The minimum absolute atomic E-state index is 0.0424. The van der Waals surface area contributed by atoms with E-state index in [1.807, 2.05) is 51.1 Å². The second-order valence-electron chi connectivity index (χ2n) is 8.76. The molecule has 35 heavy (non-hydrogen) atoms. The molecule has 2 aromatic rings. The van der Waals surface area contributed by atoms with E-state index in [0.717, 1.165) is 29.6 Å². The summed E-state index contributed by atoms with van der Waals surface area (Å²) in [6.45, 7) is 6.55. The number of aromatic nitrogens is 1. The van der Waals surface area contributed by atoms with Crippen LogP contribution >= 0.6 is 11.3 Å². The Morgan fingerprint density at radius 3 is 2.49 bits per heavy atom. The van der Waals surface area contributed by atoms with Gasteiger partial charge in [-0.15, -0.1) is 11.3 Å². The minimum Gasteiger partial charge on any atom is -0.390 e. The Hall–Kier alpha value is -2.54. The third-order valence-corrected chi connectivity index (χ3v) is 6.56. The fourth-order valence-corrected chi connectivity index (χ4v) is 4.78. The molecule has 194 valence electrons. The number of aliphatic hydroxyl groups excluding tert-OH is 1. The number of nitrogens with zero attached hydrogens (tertiary/aromatic N) is 2. The van der Waals surface area contributed by atoms with E-state index in [2.05, 4.69) is 20.4 Å². The van der Waals surface area contributed by atoms with Gasteiger partial charge in [-0.2, -0.15) is 0 Å². The van der Waals surface area contributed by atoms with Gasteiger partial charge in [0.2, 0.25) is 15.9 Å². The zero-order valence-electron chi connectivity index (χ0n) is 20.5. The van der Waals surface area contributed by atoms with E-state index in [4.69, 9.17) is 0 Å². The lowest BCUT2D eigenvalue weighted by atomic mass is 10.0. The quantitative estimate of drug-likeness (QED) is 0.277. The summed E-state index contributed by atoms with van der Waals surface area (Å²) in [5, 5.41) is 17.0. The van der Waals surface area contributed by atoms with Crippen molar-refractivity contribution in [3.8, 4) is 0 Å². The molecule has 0 fully saturated rings. The van der Waals surface area contributed by atoms with Gasteiger partial charge in [0.05, 0.1) is 18.4 Å². The molecule has 0 spiro atoms. The van der Waals surface area contributed by atoms with Crippen LogP contribution in [0.25, 0.3) is 0 Å². The summed E-state index contributed by atoms with van der Waals surface area (Å²) < 4.78 is 25.1. The van der Waals surface area contributed by atoms with Crippen molar-refractivity contribution in [1.29, 1.82) is 0 Å². The number of aliphatic hydroxyl groups is 1. The number of hydrogen-bond acceptors (Lipinski definition) is 8. The topological polar surface area (TPSA) is 141 Å². The van der Waals surface area contributed by atoms with Gasteiger partial charge in [0.25, 0.3) is 5.91 Å². The molecule has 0 aliphatic carbocycles. The van der Waals surface area contributed by atoms with Crippen molar-refractivity contribution in [2.24, 2.45) is 5.92 Å². The van der Waals surface area contributed by atoms with Crippen molar-refractivity contribution in [3.05, 3.63) is 47.0 Å². The van der Waals surface area contributed by atoms with Gasteiger partial charge in [0.15, 0.2) is 5.13 Å². The maximum absolute atomic E-state index is 12.9. The fraction of sp³-hybridized carbons (Fsp3) is 0.522. The van der Waals surface area contributed by atoms with Crippen LogP contribution in [0.1, 0.15) is 49.7 Å². The highest BCUT2D eigenvalue weighted by atomic mass is 32.2. The molecule has 1 aromatic heterocycles. The summed E-state index contributed by atoms with van der Waals surface area (Å²) in [4.78, 5) is 29.2. The first-order chi connectivity index (χ1) is 16.5. The number of carbonyl (C=O) groups is 2. The first-order valence-corrected chi connectivity index (χ1v) is 14.2. The van der Waals surface area contributed by atoms with Crippen LogP contribution in [0, 0.1) is 5.92 Å². The Labute approximate surface area is 211 Å². The van der Waals surface area contributed by atoms with Crippen LogP contribution in [0.4, 0.5) is 5.13 Å². The Morgan fingerprint density at radius 1 is 1.20 bits per heavy atom. The number of likely N-dealkylation sites (N-methyl/N-ethyl adjacent to an activating group) is 1. The van der Waals surface area contributed by atoms with E-state index >= 15 is 0 Å². The SMILES string of the molecule is CCN(C[C@@H](O)[C@H](Cc1ccccc1)NC(=O)c1csc(NS(C)(=O)=O)n1)NC(=O)CCC(C)C. The number of hydrazine groups is 1. The lowest BCUT2D eigenvalue weighted by Crippen LogP contribution is -2.53. The monoisotopic (exact) mass is 525 g/mol. The average Bonchev–Trinajstić information content (AvgIpc) is 3.24. The number of benzene rings is 1. The molecule has 12 heteroatoms. The number of carbonyl (C=O) groups excluding carboxylic acids is 2. The zero-order valence-corrected chi connectivity index (χ0v) is 22.2. The maximum atomic E-state index is 12.9. The molecule has 0 bridgehead atoms. The average molecular weight is 526 g/mol. The summed E-state index contributed by atoms with van der Waals surface area (Å²) in [7, 11) is -3.52. The van der Waals surface area contributed by atoms with Crippen molar-refractivity contribution >= 4 is 38.3 Å². The van der Waals surface area contributed by atoms with E-state index in [-0.39, 0.29) is 23.3 Å². The lowest BCUT2D eigenvalue weighted by molar-refractivity contribution is -0.126.